The molecule has 1 unspecified atom stereocenters. The number of hydrogen-bond acceptors (Lipinski definition) is 6. The van der Waals surface area contributed by atoms with Gasteiger partial charge >= 0.3 is 0 Å². The van der Waals surface area contributed by atoms with Gasteiger partial charge in [0, 0.05) is 7.11 Å². The standard InChI is InChI=1S/C23H30N4O3/c1-22(2,3)14-8-12(9-15(19(14)28)23(4,5)6)17-13(10-24)20(25)30-21-18(17)16(11-29-7)26-27-21/h8-9,17,28H,11,25H2,1-7H3,(H,26,27). The number of aromatic hydroxyl groups is 1. The third-order valence-corrected chi connectivity index (χ3v) is 5.39. The van der Waals surface area contributed by atoms with Crippen molar-refractivity contribution in [3.05, 3.63) is 51.5 Å². The molecule has 1 aromatic carbocycles. The highest BCUT2D eigenvalue weighted by molar-refractivity contribution is 5.59. The Morgan fingerprint density at radius 2 is 1.77 bits per heavy atom. The Kier molecular flexibility index (Phi) is 5.33. The van der Waals surface area contributed by atoms with E-state index < -0.39 is 5.92 Å². The molecular formula is C23H30N4O3. The van der Waals surface area contributed by atoms with Crippen LogP contribution in [0.3, 0.4) is 0 Å². The normalized spacial score (nSPS) is 16.8. The number of benzene rings is 1. The van der Waals surface area contributed by atoms with Crippen LogP contribution >= 0.6 is 0 Å². The summed E-state index contributed by atoms with van der Waals surface area (Å²) in [5.41, 5.74) is 9.72. The number of hydrogen-bond donors (Lipinski definition) is 3. The number of nitrogens with two attached hydrogens (primary N) is 1. The first kappa shape index (κ1) is 21.7. The molecule has 0 radical (unpaired) electrons. The molecule has 4 N–H and O–H groups in total. The Morgan fingerprint density at radius 1 is 1.20 bits per heavy atom. The summed E-state index contributed by atoms with van der Waals surface area (Å²) in [5.74, 6) is 0.177. The Bertz CT molecular complexity index is 1010. The lowest BCUT2D eigenvalue weighted by molar-refractivity contribution is 0.180. The number of ether oxygens (including phenoxy) is 2. The van der Waals surface area contributed by atoms with E-state index in [0.29, 0.717) is 11.5 Å². The van der Waals surface area contributed by atoms with Crippen molar-refractivity contribution in [1.82, 2.24) is 10.2 Å². The fourth-order valence-corrected chi connectivity index (χ4v) is 3.86. The molecule has 160 valence electrons. The van der Waals surface area contributed by atoms with E-state index >= 15 is 0 Å². The Hall–Kier alpha value is -2.98. The lowest BCUT2D eigenvalue weighted by atomic mass is 9.75. The van der Waals surface area contributed by atoms with Gasteiger partial charge in [0.1, 0.15) is 17.4 Å². The molecule has 7 nitrogen and oxygen atoms in total. The predicted molar refractivity (Wildman–Crippen MR) is 114 cm³/mol. The first-order valence-electron chi connectivity index (χ1n) is 9.91. The zero-order valence-electron chi connectivity index (χ0n) is 18.7. The van der Waals surface area contributed by atoms with E-state index in [0.717, 1.165) is 27.9 Å². The van der Waals surface area contributed by atoms with Gasteiger partial charge in [-0.3, -0.25) is 5.10 Å². The summed E-state index contributed by atoms with van der Waals surface area (Å²) in [6, 6.07) is 6.13. The van der Waals surface area contributed by atoms with Gasteiger partial charge in [0.2, 0.25) is 11.8 Å². The van der Waals surface area contributed by atoms with E-state index in [1.54, 1.807) is 7.11 Å². The predicted octanol–water partition coefficient (Wildman–Crippen LogP) is 4.07. The van der Waals surface area contributed by atoms with Gasteiger partial charge in [0.15, 0.2) is 0 Å². The number of methoxy groups -OCH3 is 1. The number of fused-ring (bicyclic) bond motifs is 1. The van der Waals surface area contributed by atoms with Crippen LogP contribution in [0.5, 0.6) is 11.6 Å². The zero-order chi connectivity index (χ0) is 22.4. The molecule has 1 aromatic heterocycles. The number of phenolic OH excluding ortho intramolecular Hbond substituents is 1. The highest BCUT2D eigenvalue weighted by Gasteiger charge is 2.37. The van der Waals surface area contributed by atoms with Crippen LogP contribution in [0, 0.1) is 11.3 Å². The average Bonchev–Trinajstić information content (AvgIpc) is 3.01. The van der Waals surface area contributed by atoms with E-state index in [-0.39, 0.29) is 29.1 Å². The third kappa shape index (κ3) is 3.63. The van der Waals surface area contributed by atoms with Gasteiger partial charge in [0.25, 0.3) is 0 Å². The van der Waals surface area contributed by atoms with E-state index in [9.17, 15) is 10.4 Å². The van der Waals surface area contributed by atoms with E-state index in [2.05, 4.69) is 57.8 Å². The van der Waals surface area contributed by atoms with Crippen molar-refractivity contribution in [3.63, 3.8) is 0 Å². The molecule has 0 saturated heterocycles. The van der Waals surface area contributed by atoms with E-state index in [1.165, 1.54) is 0 Å². The number of nitrogens with one attached hydrogen (secondary N) is 1. The molecule has 0 spiro atoms. The summed E-state index contributed by atoms with van der Waals surface area (Å²) in [4.78, 5) is 0. The second kappa shape index (κ2) is 7.37. The minimum Gasteiger partial charge on any atom is -0.507 e. The molecule has 3 rings (SSSR count). The minimum atomic E-state index is -0.481. The van der Waals surface area contributed by atoms with Crippen molar-refractivity contribution >= 4 is 0 Å². The zero-order valence-corrected chi connectivity index (χ0v) is 18.7. The summed E-state index contributed by atoms with van der Waals surface area (Å²) in [7, 11) is 1.59. The van der Waals surface area contributed by atoms with Gasteiger partial charge in [-0.1, -0.05) is 53.7 Å². The van der Waals surface area contributed by atoms with Crippen LogP contribution in [0.2, 0.25) is 0 Å². The third-order valence-electron chi connectivity index (χ3n) is 5.39. The van der Waals surface area contributed by atoms with Crippen molar-refractivity contribution in [2.24, 2.45) is 5.73 Å². The van der Waals surface area contributed by atoms with Crippen LogP contribution in [0.15, 0.2) is 23.6 Å². The van der Waals surface area contributed by atoms with Crippen molar-refractivity contribution in [1.29, 1.82) is 5.26 Å². The van der Waals surface area contributed by atoms with Crippen LogP contribution in [0.4, 0.5) is 0 Å². The van der Waals surface area contributed by atoms with Gasteiger partial charge in [-0.2, -0.15) is 5.26 Å². The number of nitriles is 1. The number of H-pyrrole nitrogens is 1. The number of allylic oxidation sites excluding steroid dienone is 1. The van der Waals surface area contributed by atoms with Crippen molar-refractivity contribution in [2.75, 3.05) is 7.11 Å². The Morgan fingerprint density at radius 3 is 2.23 bits per heavy atom. The Labute approximate surface area is 177 Å². The van der Waals surface area contributed by atoms with Crippen molar-refractivity contribution in [2.45, 2.75) is 64.9 Å². The fraction of sp³-hybridized carbons (Fsp3) is 0.478. The summed E-state index contributed by atoms with van der Waals surface area (Å²) in [5, 5.41) is 28.2. The topological polar surface area (TPSA) is 117 Å². The number of aromatic amines is 1. The molecular weight excluding hydrogens is 380 g/mol. The SMILES string of the molecule is COCc1[nH]nc2c1C(c1cc(C(C)(C)C)c(O)c(C(C)(C)C)c1)C(C#N)=C(N)O2. The number of phenols is 1. The molecule has 7 heteroatoms. The summed E-state index contributed by atoms with van der Waals surface area (Å²) in [6.45, 7) is 12.6. The van der Waals surface area contributed by atoms with Crippen LogP contribution in [-0.2, 0) is 22.2 Å². The second-order valence-corrected chi connectivity index (χ2v) is 9.74. The second-order valence-electron chi connectivity index (χ2n) is 9.74. The number of nitrogens with zero attached hydrogens (tertiary/aromatic N) is 2. The Balaban J connectivity index is 2.36. The van der Waals surface area contributed by atoms with Crippen molar-refractivity contribution in [3.8, 4) is 17.7 Å². The first-order valence-corrected chi connectivity index (χ1v) is 9.91. The van der Waals surface area contributed by atoms with Gasteiger partial charge in [-0.05, 0) is 27.5 Å². The molecule has 1 aliphatic rings. The van der Waals surface area contributed by atoms with Gasteiger partial charge in [-0.25, -0.2) is 0 Å². The molecule has 30 heavy (non-hydrogen) atoms. The number of rotatable bonds is 3. The largest absolute Gasteiger partial charge is 0.507 e. The molecule has 1 atom stereocenters. The van der Waals surface area contributed by atoms with Gasteiger partial charge < -0.3 is 20.3 Å². The molecule has 2 aromatic rings. The van der Waals surface area contributed by atoms with Gasteiger partial charge in [-0.15, -0.1) is 5.10 Å². The highest BCUT2D eigenvalue weighted by Crippen LogP contribution is 2.47. The van der Waals surface area contributed by atoms with Crippen LogP contribution in [0.1, 0.15) is 75.4 Å². The first-order chi connectivity index (χ1) is 13.9. The minimum absolute atomic E-state index is 0.0353. The van der Waals surface area contributed by atoms with E-state index in [1.807, 2.05) is 12.1 Å². The fourth-order valence-electron chi connectivity index (χ4n) is 3.86. The maximum atomic E-state index is 11.1. The molecule has 0 aliphatic carbocycles. The van der Waals surface area contributed by atoms with Gasteiger partial charge in [0.05, 0.1) is 23.8 Å². The molecule has 0 fully saturated rings. The molecule has 0 saturated carbocycles. The summed E-state index contributed by atoms with van der Waals surface area (Å²) < 4.78 is 10.9. The average molecular weight is 411 g/mol. The van der Waals surface area contributed by atoms with Crippen molar-refractivity contribution < 1.29 is 14.6 Å². The van der Waals surface area contributed by atoms with Crippen LogP contribution < -0.4 is 10.5 Å². The quantitative estimate of drug-likeness (QED) is 0.702. The maximum Gasteiger partial charge on any atom is 0.244 e. The maximum absolute atomic E-state index is 11.1. The molecule has 2 heterocycles. The number of aromatic nitrogens is 2. The van der Waals surface area contributed by atoms with Crippen LogP contribution in [0.25, 0.3) is 0 Å². The molecule has 0 bridgehead atoms. The highest BCUT2D eigenvalue weighted by atomic mass is 16.5. The monoisotopic (exact) mass is 410 g/mol. The van der Waals surface area contributed by atoms with E-state index in [4.69, 9.17) is 15.2 Å². The summed E-state index contributed by atoms with van der Waals surface area (Å²) in [6.07, 6.45) is 0. The molecule has 0 amide bonds. The summed E-state index contributed by atoms with van der Waals surface area (Å²) >= 11 is 0. The van der Waals surface area contributed by atoms with Crippen LogP contribution in [-0.4, -0.2) is 22.4 Å². The lowest BCUT2D eigenvalue weighted by Crippen LogP contribution is -2.23. The lowest BCUT2D eigenvalue weighted by Gasteiger charge is -2.31. The smallest absolute Gasteiger partial charge is 0.244 e. The molecule has 1 aliphatic heterocycles.